The van der Waals surface area contributed by atoms with Crippen molar-refractivity contribution in [2.24, 2.45) is 5.92 Å². The van der Waals surface area contributed by atoms with Crippen LogP contribution in [0.15, 0.2) is 48.8 Å². The molecule has 1 N–H and O–H groups in total. The molecular weight excluding hydrogens is 352 g/mol. The van der Waals surface area contributed by atoms with Gasteiger partial charge in [-0.3, -0.25) is 14.7 Å². The lowest BCUT2D eigenvalue weighted by Crippen LogP contribution is -2.44. The molecule has 28 heavy (non-hydrogen) atoms. The second kappa shape index (κ2) is 9.17. The number of amides is 1. The van der Waals surface area contributed by atoms with Crippen molar-refractivity contribution in [1.82, 2.24) is 14.8 Å². The zero-order valence-electron chi connectivity index (χ0n) is 16.2. The molecule has 4 rings (SSSR count). The van der Waals surface area contributed by atoms with Crippen molar-refractivity contribution in [3.05, 3.63) is 54.4 Å². The molecule has 6 heteroatoms. The molecule has 1 aromatic carbocycles. The third kappa shape index (κ3) is 4.69. The van der Waals surface area contributed by atoms with Crippen molar-refractivity contribution in [3.8, 4) is 0 Å². The fraction of sp³-hybridized carbons (Fsp3) is 0.455. The Kier molecular flexibility index (Phi) is 6.19. The van der Waals surface area contributed by atoms with Crippen LogP contribution in [0.5, 0.6) is 0 Å². The van der Waals surface area contributed by atoms with Gasteiger partial charge in [0.05, 0.1) is 24.5 Å². The van der Waals surface area contributed by atoms with E-state index in [0.717, 1.165) is 70.2 Å². The zero-order chi connectivity index (χ0) is 19.2. The number of hydrogen-bond donors (Lipinski definition) is 1. The van der Waals surface area contributed by atoms with Gasteiger partial charge >= 0.3 is 0 Å². The van der Waals surface area contributed by atoms with Gasteiger partial charge in [0.15, 0.2) is 0 Å². The fourth-order valence-electron chi connectivity index (χ4n) is 3.99. The number of morpholine rings is 1. The van der Waals surface area contributed by atoms with Gasteiger partial charge in [-0.05, 0) is 37.0 Å². The zero-order valence-corrected chi connectivity index (χ0v) is 16.2. The number of anilines is 2. The van der Waals surface area contributed by atoms with E-state index in [9.17, 15) is 4.79 Å². The highest BCUT2D eigenvalue weighted by Crippen LogP contribution is 2.25. The minimum Gasteiger partial charge on any atom is -0.379 e. The van der Waals surface area contributed by atoms with E-state index < -0.39 is 0 Å². The van der Waals surface area contributed by atoms with Crippen molar-refractivity contribution >= 4 is 17.3 Å². The molecule has 2 fully saturated rings. The monoisotopic (exact) mass is 380 g/mol. The standard InChI is InChI=1S/C22H28N4O2/c27-22(20-16-23-9-6-21(20)24-19-4-2-1-3-5-19)26-10-7-18(8-11-26)17-25-12-14-28-15-13-25/h1-6,9,16,18H,7-8,10-15,17H2,(H,23,24). The minimum absolute atomic E-state index is 0.0661. The van der Waals surface area contributed by atoms with Gasteiger partial charge in [0.1, 0.15) is 0 Å². The molecule has 3 heterocycles. The number of nitrogens with one attached hydrogen (secondary N) is 1. The topological polar surface area (TPSA) is 57.7 Å². The highest BCUT2D eigenvalue weighted by atomic mass is 16.5. The number of ether oxygens (including phenoxy) is 1. The van der Waals surface area contributed by atoms with E-state index in [1.54, 1.807) is 12.4 Å². The van der Waals surface area contributed by atoms with Crippen LogP contribution in [-0.2, 0) is 4.74 Å². The van der Waals surface area contributed by atoms with Crippen LogP contribution in [0.1, 0.15) is 23.2 Å². The third-order valence-corrected chi connectivity index (χ3v) is 5.63. The Morgan fingerprint density at radius 2 is 1.82 bits per heavy atom. The molecule has 0 aliphatic carbocycles. The summed E-state index contributed by atoms with van der Waals surface area (Å²) in [5, 5.41) is 3.35. The van der Waals surface area contributed by atoms with Gasteiger partial charge in [-0.1, -0.05) is 18.2 Å². The minimum atomic E-state index is 0.0661. The number of para-hydroxylation sites is 1. The normalized spacial score (nSPS) is 18.8. The molecule has 148 valence electrons. The summed E-state index contributed by atoms with van der Waals surface area (Å²) in [4.78, 5) is 21.8. The lowest BCUT2D eigenvalue weighted by Gasteiger charge is -2.36. The Balaban J connectivity index is 1.36. The van der Waals surface area contributed by atoms with Crippen LogP contribution < -0.4 is 5.32 Å². The van der Waals surface area contributed by atoms with Crippen molar-refractivity contribution in [2.75, 3.05) is 51.3 Å². The van der Waals surface area contributed by atoms with E-state index in [0.29, 0.717) is 11.5 Å². The molecule has 0 spiro atoms. The van der Waals surface area contributed by atoms with Gasteiger partial charge < -0.3 is 15.0 Å². The first kappa shape index (κ1) is 18.9. The maximum atomic E-state index is 13.1. The summed E-state index contributed by atoms with van der Waals surface area (Å²) < 4.78 is 5.43. The van der Waals surface area contributed by atoms with E-state index >= 15 is 0 Å². The molecule has 0 saturated carbocycles. The Hall–Kier alpha value is -2.44. The predicted octanol–water partition coefficient (Wildman–Crippen LogP) is 3.01. The lowest BCUT2D eigenvalue weighted by atomic mass is 9.95. The van der Waals surface area contributed by atoms with Crippen LogP contribution in [-0.4, -0.2) is 66.6 Å². The summed E-state index contributed by atoms with van der Waals surface area (Å²) in [6.07, 6.45) is 5.51. The summed E-state index contributed by atoms with van der Waals surface area (Å²) in [6.45, 7) is 6.50. The van der Waals surface area contributed by atoms with Crippen LogP contribution in [0.3, 0.4) is 0 Å². The predicted molar refractivity (Wildman–Crippen MR) is 110 cm³/mol. The number of likely N-dealkylation sites (tertiary alicyclic amines) is 1. The van der Waals surface area contributed by atoms with E-state index in [1.165, 1.54) is 0 Å². The summed E-state index contributed by atoms with van der Waals surface area (Å²) in [6, 6.07) is 11.8. The summed E-state index contributed by atoms with van der Waals surface area (Å²) in [5.41, 5.74) is 2.41. The molecule has 2 aliphatic rings. The number of carbonyl (C=O) groups is 1. The van der Waals surface area contributed by atoms with Gasteiger partial charge in [0.2, 0.25) is 0 Å². The van der Waals surface area contributed by atoms with Gasteiger partial charge in [0.25, 0.3) is 5.91 Å². The number of aromatic nitrogens is 1. The maximum absolute atomic E-state index is 13.1. The summed E-state index contributed by atoms with van der Waals surface area (Å²) >= 11 is 0. The van der Waals surface area contributed by atoms with Crippen molar-refractivity contribution in [3.63, 3.8) is 0 Å². The molecule has 6 nitrogen and oxygen atoms in total. The van der Waals surface area contributed by atoms with Crippen LogP contribution in [0, 0.1) is 5.92 Å². The second-order valence-corrected chi connectivity index (χ2v) is 7.56. The number of carbonyl (C=O) groups excluding carboxylic acids is 1. The van der Waals surface area contributed by atoms with E-state index in [1.807, 2.05) is 41.3 Å². The molecule has 2 saturated heterocycles. The largest absolute Gasteiger partial charge is 0.379 e. The number of benzene rings is 1. The van der Waals surface area contributed by atoms with Crippen LogP contribution >= 0.6 is 0 Å². The first-order valence-corrected chi connectivity index (χ1v) is 10.1. The lowest BCUT2D eigenvalue weighted by molar-refractivity contribution is 0.0243. The number of nitrogens with zero attached hydrogens (tertiary/aromatic N) is 3. The third-order valence-electron chi connectivity index (χ3n) is 5.63. The highest BCUT2D eigenvalue weighted by molar-refractivity contribution is 6.00. The Labute approximate surface area is 166 Å². The Morgan fingerprint density at radius 3 is 2.57 bits per heavy atom. The highest BCUT2D eigenvalue weighted by Gasteiger charge is 2.26. The molecule has 2 aliphatic heterocycles. The number of pyridine rings is 1. The molecule has 2 aromatic rings. The second-order valence-electron chi connectivity index (χ2n) is 7.56. The van der Waals surface area contributed by atoms with Gasteiger partial charge in [-0.25, -0.2) is 0 Å². The van der Waals surface area contributed by atoms with E-state index in [2.05, 4.69) is 15.2 Å². The van der Waals surface area contributed by atoms with Gasteiger partial charge in [-0.2, -0.15) is 0 Å². The molecule has 0 unspecified atom stereocenters. The first-order valence-electron chi connectivity index (χ1n) is 10.1. The number of hydrogen-bond acceptors (Lipinski definition) is 5. The van der Waals surface area contributed by atoms with E-state index in [-0.39, 0.29) is 5.91 Å². The average molecular weight is 380 g/mol. The first-order chi connectivity index (χ1) is 13.8. The quantitative estimate of drug-likeness (QED) is 0.864. The Bertz CT molecular complexity index is 769. The van der Waals surface area contributed by atoms with Crippen molar-refractivity contribution < 1.29 is 9.53 Å². The van der Waals surface area contributed by atoms with E-state index in [4.69, 9.17) is 4.74 Å². The molecule has 0 radical (unpaired) electrons. The number of piperidine rings is 1. The van der Waals surface area contributed by atoms with Crippen molar-refractivity contribution in [2.45, 2.75) is 12.8 Å². The smallest absolute Gasteiger partial charge is 0.257 e. The fourth-order valence-corrected chi connectivity index (χ4v) is 3.99. The van der Waals surface area contributed by atoms with Crippen LogP contribution in [0.25, 0.3) is 0 Å². The number of rotatable bonds is 5. The van der Waals surface area contributed by atoms with Crippen LogP contribution in [0.2, 0.25) is 0 Å². The summed E-state index contributed by atoms with van der Waals surface area (Å²) in [7, 11) is 0. The molecule has 0 atom stereocenters. The SMILES string of the molecule is O=C(c1cnccc1Nc1ccccc1)N1CCC(CN2CCOCC2)CC1. The molecule has 0 bridgehead atoms. The maximum Gasteiger partial charge on any atom is 0.257 e. The van der Waals surface area contributed by atoms with Crippen LogP contribution in [0.4, 0.5) is 11.4 Å². The molecular formula is C22H28N4O2. The van der Waals surface area contributed by atoms with Gasteiger partial charge in [0, 0.05) is 50.8 Å². The summed E-state index contributed by atoms with van der Waals surface area (Å²) in [5.74, 6) is 0.731. The van der Waals surface area contributed by atoms with Gasteiger partial charge in [-0.15, -0.1) is 0 Å². The Morgan fingerprint density at radius 1 is 1.07 bits per heavy atom. The van der Waals surface area contributed by atoms with Crippen molar-refractivity contribution in [1.29, 1.82) is 0 Å². The molecule has 1 aromatic heterocycles. The average Bonchev–Trinajstić information content (AvgIpc) is 2.76. The molecule has 1 amide bonds.